The number of hydrogen-bond donors (Lipinski definition) is 0. The predicted octanol–water partition coefficient (Wildman–Crippen LogP) is 2.10. The van der Waals surface area contributed by atoms with E-state index >= 15 is 0 Å². The van der Waals surface area contributed by atoms with Gasteiger partial charge in [-0.1, -0.05) is 12.1 Å². The number of nitroso groups, excluding NO2 is 1. The summed E-state index contributed by atoms with van der Waals surface area (Å²) in [5, 5.41) is 4.23. The first-order valence-electron chi connectivity index (χ1n) is 6.92. The van der Waals surface area contributed by atoms with Crippen LogP contribution in [-0.2, 0) is 6.54 Å². The second kappa shape index (κ2) is 7.92. The van der Waals surface area contributed by atoms with Gasteiger partial charge in [-0.15, -0.1) is 4.91 Å². The summed E-state index contributed by atoms with van der Waals surface area (Å²) in [6, 6.07) is 9.60. The van der Waals surface area contributed by atoms with E-state index in [4.69, 9.17) is 4.74 Å². The lowest BCUT2D eigenvalue weighted by Crippen LogP contribution is -2.32. The Labute approximate surface area is 129 Å². The third-order valence-electron chi connectivity index (χ3n) is 3.20. The molecule has 7 heteroatoms. The van der Waals surface area contributed by atoms with Crippen LogP contribution in [0.5, 0.6) is 5.75 Å². The van der Waals surface area contributed by atoms with E-state index in [0.717, 1.165) is 11.3 Å². The summed E-state index contributed by atoms with van der Waals surface area (Å²) in [6.45, 7) is 1.73. The van der Waals surface area contributed by atoms with Crippen LogP contribution in [0.2, 0.25) is 0 Å². The Bertz CT molecular complexity index is 576. The van der Waals surface area contributed by atoms with Crippen molar-refractivity contribution in [2.24, 2.45) is 5.29 Å². The summed E-state index contributed by atoms with van der Waals surface area (Å²) in [4.78, 5) is 21.0. The Hall–Kier alpha value is -2.70. The van der Waals surface area contributed by atoms with Crippen LogP contribution in [-0.4, -0.2) is 42.2 Å². The Kier molecular flexibility index (Phi) is 5.65. The molecule has 0 amide bonds. The number of benzene rings is 1. The normalized spacial score (nSPS) is 10.1. The lowest BCUT2D eigenvalue weighted by atomic mass is 10.2. The number of rotatable bonds is 8. The number of aromatic nitrogens is 2. The predicted molar refractivity (Wildman–Crippen MR) is 84.5 cm³/mol. The van der Waals surface area contributed by atoms with Crippen LogP contribution in [0.25, 0.3) is 0 Å². The van der Waals surface area contributed by atoms with Gasteiger partial charge in [0.05, 0.1) is 18.9 Å². The second-order valence-corrected chi connectivity index (χ2v) is 4.78. The summed E-state index contributed by atoms with van der Waals surface area (Å²) in [5.41, 5.74) is 1.11. The van der Waals surface area contributed by atoms with Crippen molar-refractivity contribution in [2.75, 3.05) is 32.1 Å². The van der Waals surface area contributed by atoms with Crippen LogP contribution in [0.3, 0.4) is 0 Å². The number of anilines is 1. The highest BCUT2D eigenvalue weighted by Crippen LogP contribution is 2.15. The van der Waals surface area contributed by atoms with Crippen molar-refractivity contribution in [2.45, 2.75) is 6.54 Å². The van der Waals surface area contributed by atoms with Crippen LogP contribution < -0.4 is 9.64 Å². The molecule has 0 bridgehead atoms. The highest BCUT2D eigenvalue weighted by Gasteiger charge is 2.11. The van der Waals surface area contributed by atoms with Crippen molar-refractivity contribution in [3.05, 3.63) is 53.2 Å². The molecule has 22 heavy (non-hydrogen) atoms. The molecule has 0 saturated carbocycles. The van der Waals surface area contributed by atoms with Crippen LogP contribution in [0, 0.1) is 4.91 Å². The largest absolute Gasteiger partial charge is 0.497 e. The first-order valence-corrected chi connectivity index (χ1v) is 6.92. The molecule has 0 aliphatic rings. The molecule has 1 aromatic carbocycles. The molecule has 0 atom stereocenters. The van der Waals surface area contributed by atoms with Crippen LogP contribution in [0.1, 0.15) is 5.56 Å². The second-order valence-electron chi connectivity index (χ2n) is 4.78. The molecule has 1 aromatic heterocycles. The van der Waals surface area contributed by atoms with Gasteiger partial charge in [0.25, 0.3) is 0 Å². The number of likely N-dealkylation sites (N-methyl/N-ethyl adjacent to an activating group) is 1. The van der Waals surface area contributed by atoms with Crippen molar-refractivity contribution in [3.63, 3.8) is 0 Å². The summed E-state index contributed by atoms with van der Waals surface area (Å²) >= 11 is 0. The van der Waals surface area contributed by atoms with E-state index in [1.807, 2.05) is 29.2 Å². The highest BCUT2D eigenvalue weighted by molar-refractivity contribution is 5.34. The zero-order valence-corrected chi connectivity index (χ0v) is 12.7. The zero-order chi connectivity index (χ0) is 15.8. The fourth-order valence-electron chi connectivity index (χ4n) is 1.96. The molecule has 0 N–H and O–H groups in total. The lowest BCUT2D eigenvalue weighted by Gasteiger charge is -2.23. The summed E-state index contributed by atoms with van der Waals surface area (Å²) in [7, 11) is 3.28. The van der Waals surface area contributed by atoms with Gasteiger partial charge in [-0.2, -0.15) is 0 Å². The minimum absolute atomic E-state index is 0.498. The summed E-state index contributed by atoms with van der Waals surface area (Å²) < 4.78 is 5.16. The minimum Gasteiger partial charge on any atom is -0.497 e. The lowest BCUT2D eigenvalue weighted by molar-refractivity contribution is 0.353. The average Bonchev–Trinajstić information content (AvgIpc) is 2.59. The topological polar surface area (TPSA) is 70.9 Å². The monoisotopic (exact) mass is 301 g/mol. The van der Waals surface area contributed by atoms with Gasteiger partial charge in [0.2, 0.25) is 5.95 Å². The molecule has 0 spiro atoms. The van der Waals surface area contributed by atoms with E-state index in [0.29, 0.717) is 25.6 Å². The fourth-order valence-corrected chi connectivity index (χ4v) is 1.96. The van der Waals surface area contributed by atoms with E-state index in [-0.39, 0.29) is 0 Å². The third-order valence-corrected chi connectivity index (χ3v) is 3.20. The Morgan fingerprint density at radius 3 is 2.41 bits per heavy atom. The van der Waals surface area contributed by atoms with Crippen molar-refractivity contribution in [3.8, 4) is 5.75 Å². The smallest absolute Gasteiger partial charge is 0.225 e. The Balaban J connectivity index is 2.10. The van der Waals surface area contributed by atoms with Crippen molar-refractivity contribution in [1.82, 2.24) is 15.0 Å². The van der Waals surface area contributed by atoms with Crippen LogP contribution in [0.15, 0.2) is 48.0 Å². The van der Waals surface area contributed by atoms with Crippen molar-refractivity contribution < 1.29 is 4.74 Å². The average molecular weight is 301 g/mol. The summed E-state index contributed by atoms with van der Waals surface area (Å²) in [5.74, 6) is 1.44. The molecule has 0 fully saturated rings. The van der Waals surface area contributed by atoms with Gasteiger partial charge in [-0.05, 0) is 23.8 Å². The first-order chi connectivity index (χ1) is 10.7. The van der Waals surface area contributed by atoms with Crippen LogP contribution in [0.4, 0.5) is 5.95 Å². The van der Waals surface area contributed by atoms with Gasteiger partial charge in [0.1, 0.15) is 5.75 Å². The number of nitrogens with zero attached hydrogens (tertiary/aromatic N) is 5. The van der Waals surface area contributed by atoms with E-state index in [2.05, 4.69) is 15.3 Å². The molecule has 0 radical (unpaired) electrons. The molecule has 2 aromatic rings. The standard InChI is InChI=1S/C15H19N5O2/c1-19(18-21)10-11-20(15-16-8-3-9-17-15)12-13-4-6-14(22-2)7-5-13/h3-9H,10-12H2,1-2H3. The van der Waals surface area contributed by atoms with E-state index in [1.54, 1.807) is 32.6 Å². The van der Waals surface area contributed by atoms with E-state index < -0.39 is 0 Å². The first kappa shape index (κ1) is 15.7. The maximum absolute atomic E-state index is 10.5. The van der Waals surface area contributed by atoms with Gasteiger partial charge in [-0.25, -0.2) is 9.97 Å². The highest BCUT2D eigenvalue weighted by atomic mass is 16.5. The Morgan fingerprint density at radius 1 is 1.14 bits per heavy atom. The maximum Gasteiger partial charge on any atom is 0.225 e. The molecular formula is C15H19N5O2. The number of ether oxygens (including phenoxy) is 1. The zero-order valence-electron chi connectivity index (χ0n) is 12.7. The molecule has 2 rings (SSSR count). The number of hydrogen-bond acceptors (Lipinski definition) is 6. The Morgan fingerprint density at radius 2 is 1.82 bits per heavy atom. The van der Waals surface area contributed by atoms with Gasteiger partial charge in [0.15, 0.2) is 0 Å². The molecule has 1 heterocycles. The quantitative estimate of drug-likeness (QED) is 0.549. The molecule has 0 aliphatic carbocycles. The fraction of sp³-hybridized carbons (Fsp3) is 0.333. The molecule has 7 nitrogen and oxygen atoms in total. The summed E-state index contributed by atoms with van der Waals surface area (Å²) in [6.07, 6.45) is 3.40. The van der Waals surface area contributed by atoms with Gasteiger partial charge < -0.3 is 9.64 Å². The SMILES string of the molecule is COc1ccc(CN(CCN(C)N=O)c2ncccn2)cc1. The van der Waals surface area contributed by atoms with Crippen molar-refractivity contribution >= 4 is 5.95 Å². The third kappa shape index (κ3) is 4.41. The van der Waals surface area contributed by atoms with Gasteiger partial charge in [0, 0.05) is 32.5 Å². The van der Waals surface area contributed by atoms with Crippen molar-refractivity contribution in [1.29, 1.82) is 0 Å². The molecule has 0 unspecified atom stereocenters. The molecule has 0 saturated heterocycles. The van der Waals surface area contributed by atoms with Gasteiger partial charge in [-0.3, -0.25) is 5.01 Å². The molecule has 116 valence electrons. The maximum atomic E-state index is 10.5. The van der Waals surface area contributed by atoms with Gasteiger partial charge >= 0.3 is 0 Å². The molecule has 0 aliphatic heterocycles. The molecular weight excluding hydrogens is 282 g/mol. The van der Waals surface area contributed by atoms with Crippen LogP contribution >= 0.6 is 0 Å². The van der Waals surface area contributed by atoms with E-state index in [1.165, 1.54) is 5.01 Å². The number of methoxy groups -OCH3 is 1. The van der Waals surface area contributed by atoms with E-state index in [9.17, 15) is 4.91 Å². The minimum atomic E-state index is 0.498.